The summed E-state index contributed by atoms with van der Waals surface area (Å²) in [6.07, 6.45) is 2.65. The molecule has 0 bridgehead atoms. The highest BCUT2D eigenvalue weighted by molar-refractivity contribution is 5.85. The maximum atomic E-state index is 12.3. The first-order valence-electron chi connectivity index (χ1n) is 6.69. The molecule has 1 saturated heterocycles. The minimum atomic E-state index is 0. The zero-order valence-corrected chi connectivity index (χ0v) is 12.5. The number of amides is 1. The molecule has 0 radical (unpaired) electrons. The molecule has 0 atom stereocenters. The third-order valence-corrected chi connectivity index (χ3v) is 3.85. The lowest BCUT2D eigenvalue weighted by Gasteiger charge is -2.31. The Hall–Kier alpha value is -1.06. The lowest BCUT2D eigenvalue weighted by Crippen LogP contribution is -2.44. The van der Waals surface area contributed by atoms with Crippen molar-refractivity contribution in [1.82, 2.24) is 10.2 Å². The highest BCUT2D eigenvalue weighted by atomic mass is 35.5. The summed E-state index contributed by atoms with van der Waals surface area (Å²) in [6.45, 7) is 4.10. The van der Waals surface area contributed by atoms with Crippen LogP contribution in [0.1, 0.15) is 24.0 Å². The van der Waals surface area contributed by atoms with Gasteiger partial charge >= 0.3 is 0 Å². The maximum Gasteiger partial charge on any atom is 0.226 e. The van der Waals surface area contributed by atoms with Gasteiger partial charge in [-0.05, 0) is 44.0 Å². The fourth-order valence-electron chi connectivity index (χ4n) is 2.49. The van der Waals surface area contributed by atoms with Gasteiger partial charge in [-0.1, -0.05) is 24.3 Å². The SMILES string of the molecule is Cc1ccccc1CC(=O)N(C)C1CCNCC1.Cl. The number of carbonyl (C=O) groups is 1. The summed E-state index contributed by atoms with van der Waals surface area (Å²) in [5.74, 6) is 0.233. The molecular formula is C15H23ClN2O. The van der Waals surface area contributed by atoms with Gasteiger partial charge in [0.25, 0.3) is 0 Å². The van der Waals surface area contributed by atoms with Crippen molar-refractivity contribution in [3.05, 3.63) is 35.4 Å². The van der Waals surface area contributed by atoms with E-state index >= 15 is 0 Å². The van der Waals surface area contributed by atoms with Crippen molar-refractivity contribution in [1.29, 1.82) is 0 Å². The van der Waals surface area contributed by atoms with Crippen LogP contribution in [-0.2, 0) is 11.2 Å². The van der Waals surface area contributed by atoms with Crippen LogP contribution in [-0.4, -0.2) is 37.0 Å². The van der Waals surface area contributed by atoms with Crippen LogP contribution in [0.3, 0.4) is 0 Å². The van der Waals surface area contributed by atoms with E-state index in [-0.39, 0.29) is 18.3 Å². The molecule has 0 spiro atoms. The molecule has 0 aromatic heterocycles. The standard InChI is InChI=1S/C15H22N2O.ClH/c1-12-5-3-4-6-13(12)11-15(18)17(2)14-7-9-16-10-8-14;/h3-6,14,16H,7-11H2,1-2H3;1H. The van der Waals surface area contributed by atoms with Crippen molar-refractivity contribution < 1.29 is 4.79 Å². The Morgan fingerprint density at radius 2 is 1.95 bits per heavy atom. The highest BCUT2D eigenvalue weighted by Gasteiger charge is 2.21. The Morgan fingerprint density at radius 1 is 1.32 bits per heavy atom. The summed E-state index contributed by atoms with van der Waals surface area (Å²) < 4.78 is 0. The van der Waals surface area contributed by atoms with E-state index in [0.29, 0.717) is 12.5 Å². The molecule has 19 heavy (non-hydrogen) atoms. The molecule has 2 rings (SSSR count). The van der Waals surface area contributed by atoms with Gasteiger partial charge in [0.05, 0.1) is 6.42 Å². The average molecular weight is 283 g/mol. The molecule has 1 aromatic rings. The van der Waals surface area contributed by atoms with Crippen molar-refractivity contribution in [2.75, 3.05) is 20.1 Å². The second kappa shape index (κ2) is 7.51. The van der Waals surface area contributed by atoms with Crippen molar-refractivity contribution >= 4 is 18.3 Å². The fourth-order valence-corrected chi connectivity index (χ4v) is 2.49. The molecular weight excluding hydrogens is 260 g/mol. The monoisotopic (exact) mass is 282 g/mol. The third-order valence-electron chi connectivity index (χ3n) is 3.85. The van der Waals surface area contributed by atoms with Crippen molar-refractivity contribution in [3.63, 3.8) is 0 Å². The smallest absolute Gasteiger partial charge is 0.226 e. The van der Waals surface area contributed by atoms with Crippen LogP contribution in [0.4, 0.5) is 0 Å². The van der Waals surface area contributed by atoms with Gasteiger partial charge in [-0.25, -0.2) is 0 Å². The Morgan fingerprint density at radius 3 is 2.58 bits per heavy atom. The minimum absolute atomic E-state index is 0. The van der Waals surface area contributed by atoms with E-state index in [1.54, 1.807) is 0 Å². The number of likely N-dealkylation sites (N-methyl/N-ethyl adjacent to an activating group) is 1. The molecule has 1 N–H and O–H groups in total. The van der Waals surface area contributed by atoms with E-state index in [0.717, 1.165) is 31.5 Å². The number of hydrogen-bond acceptors (Lipinski definition) is 2. The molecule has 0 aliphatic carbocycles. The second-order valence-corrected chi connectivity index (χ2v) is 5.09. The Balaban J connectivity index is 0.00000180. The average Bonchev–Trinajstić information content (AvgIpc) is 2.41. The Bertz CT molecular complexity index is 416. The molecule has 1 heterocycles. The summed E-state index contributed by atoms with van der Waals surface area (Å²) >= 11 is 0. The van der Waals surface area contributed by atoms with Crippen LogP contribution >= 0.6 is 12.4 Å². The van der Waals surface area contributed by atoms with Gasteiger partial charge < -0.3 is 10.2 Å². The predicted molar refractivity (Wildman–Crippen MR) is 80.8 cm³/mol. The van der Waals surface area contributed by atoms with Gasteiger partial charge in [-0.15, -0.1) is 12.4 Å². The first-order chi connectivity index (χ1) is 8.68. The first-order valence-corrected chi connectivity index (χ1v) is 6.69. The van der Waals surface area contributed by atoms with E-state index in [1.807, 2.05) is 30.1 Å². The quantitative estimate of drug-likeness (QED) is 0.922. The number of benzene rings is 1. The topological polar surface area (TPSA) is 32.3 Å². The van der Waals surface area contributed by atoms with E-state index in [2.05, 4.69) is 18.3 Å². The van der Waals surface area contributed by atoms with Gasteiger partial charge in [0, 0.05) is 13.1 Å². The molecule has 1 aliphatic heterocycles. The molecule has 4 heteroatoms. The van der Waals surface area contributed by atoms with E-state index in [9.17, 15) is 4.79 Å². The van der Waals surface area contributed by atoms with Gasteiger partial charge in [-0.2, -0.15) is 0 Å². The highest BCUT2D eigenvalue weighted by Crippen LogP contribution is 2.14. The lowest BCUT2D eigenvalue weighted by atomic mass is 10.0. The van der Waals surface area contributed by atoms with Crippen LogP contribution in [0, 0.1) is 6.92 Å². The number of aryl methyl sites for hydroxylation is 1. The van der Waals surface area contributed by atoms with Gasteiger partial charge in [0.2, 0.25) is 5.91 Å². The predicted octanol–water partition coefficient (Wildman–Crippen LogP) is 2.17. The lowest BCUT2D eigenvalue weighted by molar-refractivity contribution is -0.131. The second-order valence-electron chi connectivity index (χ2n) is 5.09. The number of halogens is 1. The summed E-state index contributed by atoms with van der Waals surface area (Å²) in [4.78, 5) is 14.2. The molecule has 1 amide bonds. The van der Waals surface area contributed by atoms with E-state index in [1.165, 1.54) is 5.56 Å². The summed E-state index contributed by atoms with van der Waals surface area (Å²) in [5, 5.41) is 3.33. The van der Waals surface area contributed by atoms with Crippen molar-refractivity contribution in [2.24, 2.45) is 0 Å². The number of carbonyl (C=O) groups excluding carboxylic acids is 1. The number of nitrogens with zero attached hydrogens (tertiary/aromatic N) is 1. The summed E-state index contributed by atoms with van der Waals surface area (Å²) in [6, 6.07) is 8.53. The van der Waals surface area contributed by atoms with Crippen LogP contribution in [0.15, 0.2) is 24.3 Å². The van der Waals surface area contributed by atoms with Crippen molar-refractivity contribution in [2.45, 2.75) is 32.2 Å². The van der Waals surface area contributed by atoms with Crippen LogP contribution in [0.2, 0.25) is 0 Å². The van der Waals surface area contributed by atoms with Crippen LogP contribution in [0.25, 0.3) is 0 Å². The molecule has 1 aromatic carbocycles. The summed E-state index contributed by atoms with van der Waals surface area (Å²) in [5.41, 5.74) is 2.34. The molecule has 1 fully saturated rings. The largest absolute Gasteiger partial charge is 0.342 e. The Labute approximate surface area is 121 Å². The van der Waals surface area contributed by atoms with E-state index < -0.39 is 0 Å². The van der Waals surface area contributed by atoms with Gasteiger partial charge in [0.15, 0.2) is 0 Å². The number of piperidine rings is 1. The van der Waals surface area contributed by atoms with Crippen LogP contribution in [0.5, 0.6) is 0 Å². The number of nitrogens with one attached hydrogen (secondary N) is 1. The van der Waals surface area contributed by atoms with Gasteiger partial charge in [0.1, 0.15) is 0 Å². The van der Waals surface area contributed by atoms with Crippen LogP contribution < -0.4 is 5.32 Å². The fraction of sp³-hybridized carbons (Fsp3) is 0.533. The van der Waals surface area contributed by atoms with E-state index in [4.69, 9.17) is 0 Å². The minimum Gasteiger partial charge on any atom is -0.342 e. The molecule has 106 valence electrons. The molecule has 3 nitrogen and oxygen atoms in total. The number of rotatable bonds is 3. The third kappa shape index (κ3) is 4.22. The molecule has 0 saturated carbocycles. The zero-order valence-electron chi connectivity index (χ0n) is 11.7. The zero-order chi connectivity index (χ0) is 13.0. The Kier molecular flexibility index (Phi) is 6.32. The van der Waals surface area contributed by atoms with Crippen molar-refractivity contribution in [3.8, 4) is 0 Å². The first kappa shape index (κ1) is 16.0. The number of hydrogen-bond donors (Lipinski definition) is 1. The van der Waals surface area contributed by atoms with Gasteiger partial charge in [-0.3, -0.25) is 4.79 Å². The normalized spacial score (nSPS) is 15.7. The molecule has 1 aliphatic rings. The maximum absolute atomic E-state index is 12.3. The summed E-state index contributed by atoms with van der Waals surface area (Å²) in [7, 11) is 1.94. The molecule has 0 unspecified atom stereocenters.